The Bertz CT molecular complexity index is 400. The number of nitrogens with zero attached hydrogens (tertiary/aromatic N) is 1. The van der Waals surface area contributed by atoms with E-state index in [9.17, 15) is 9.59 Å². The monoisotopic (exact) mass is 203 g/mol. The number of amides is 2. The maximum absolute atomic E-state index is 11.3. The number of hydrogen-bond acceptors (Lipinski definition) is 2. The molecule has 1 aromatic carbocycles. The van der Waals surface area contributed by atoms with Crippen LogP contribution in [0.1, 0.15) is 13.0 Å². The lowest BCUT2D eigenvalue weighted by molar-refractivity contribution is -0.119. The number of anilines is 1. The number of aryl methyl sites for hydroxylation is 1. The number of imide groups is 1. The average Bonchev–Trinajstić information content (AvgIpc) is 2.49. The predicted octanol–water partition coefficient (Wildman–Crippen LogP) is 2.06. The van der Waals surface area contributed by atoms with E-state index < -0.39 is 0 Å². The van der Waals surface area contributed by atoms with Crippen molar-refractivity contribution in [3.8, 4) is 0 Å². The number of carbonyl (C=O) groups is 2. The Balaban J connectivity index is 0.00000112. The lowest BCUT2D eigenvalue weighted by Gasteiger charge is -2.13. The van der Waals surface area contributed by atoms with E-state index in [0.29, 0.717) is 5.69 Å². The zero-order valence-electron chi connectivity index (χ0n) is 7.73. The molecule has 3 heteroatoms. The highest BCUT2D eigenvalue weighted by atomic mass is 16.2. The van der Waals surface area contributed by atoms with Gasteiger partial charge in [-0.25, -0.2) is 4.90 Å². The van der Waals surface area contributed by atoms with Gasteiger partial charge in [-0.1, -0.05) is 25.1 Å². The molecule has 0 saturated heterocycles. The molecule has 1 heterocycles. The summed E-state index contributed by atoms with van der Waals surface area (Å²) in [5.41, 5.74) is 1.72. The average molecular weight is 203 g/mol. The molecule has 0 fully saturated rings. The van der Waals surface area contributed by atoms with Gasteiger partial charge in [-0.3, -0.25) is 9.59 Å². The molecule has 0 spiro atoms. The highest BCUT2D eigenvalue weighted by Crippen LogP contribution is 2.18. The molecule has 0 radical (unpaired) electrons. The van der Waals surface area contributed by atoms with Crippen LogP contribution in [-0.2, 0) is 9.59 Å². The minimum Gasteiger partial charge on any atom is -0.269 e. The number of carbonyl (C=O) groups excluding carboxylic acids is 2. The van der Waals surface area contributed by atoms with Gasteiger partial charge in [0.05, 0.1) is 5.69 Å². The van der Waals surface area contributed by atoms with E-state index in [1.165, 1.54) is 12.2 Å². The Hall–Kier alpha value is -1.90. The molecule has 0 aliphatic carbocycles. The molecule has 0 unspecified atom stereocenters. The molecule has 3 nitrogen and oxygen atoms in total. The number of benzene rings is 1. The van der Waals surface area contributed by atoms with Crippen LogP contribution in [0, 0.1) is 6.92 Å². The van der Waals surface area contributed by atoms with E-state index in [2.05, 4.69) is 0 Å². The SMILES string of the molecule is C.Cc1ccc(N2C(=O)C=CC2=O)cc1. The Labute approximate surface area is 89.0 Å². The molecule has 2 rings (SSSR count). The minimum absolute atomic E-state index is 0. The zero-order valence-corrected chi connectivity index (χ0v) is 7.73. The Morgan fingerprint density at radius 3 is 1.87 bits per heavy atom. The molecular weight excluding hydrogens is 190 g/mol. The first-order valence-corrected chi connectivity index (χ1v) is 4.31. The molecule has 15 heavy (non-hydrogen) atoms. The van der Waals surface area contributed by atoms with Crippen molar-refractivity contribution < 1.29 is 9.59 Å². The summed E-state index contributed by atoms with van der Waals surface area (Å²) in [4.78, 5) is 23.7. The fourth-order valence-corrected chi connectivity index (χ4v) is 1.35. The Morgan fingerprint density at radius 1 is 0.933 bits per heavy atom. The van der Waals surface area contributed by atoms with Gasteiger partial charge in [0.1, 0.15) is 0 Å². The van der Waals surface area contributed by atoms with Crippen molar-refractivity contribution >= 4 is 17.5 Å². The van der Waals surface area contributed by atoms with Gasteiger partial charge in [0.15, 0.2) is 0 Å². The van der Waals surface area contributed by atoms with Gasteiger partial charge in [0.2, 0.25) is 0 Å². The van der Waals surface area contributed by atoms with Crippen molar-refractivity contribution in [3.05, 3.63) is 42.0 Å². The van der Waals surface area contributed by atoms with Crippen molar-refractivity contribution in [3.63, 3.8) is 0 Å². The molecule has 1 aliphatic rings. The first-order valence-electron chi connectivity index (χ1n) is 4.31. The van der Waals surface area contributed by atoms with Crippen molar-refractivity contribution in [1.29, 1.82) is 0 Å². The number of hydrogen-bond donors (Lipinski definition) is 0. The maximum atomic E-state index is 11.3. The van der Waals surface area contributed by atoms with Crippen molar-refractivity contribution in [2.24, 2.45) is 0 Å². The van der Waals surface area contributed by atoms with E-state index in [-0.39, 0.29) is 19.2 Å². The standard InChI is InChI=1S/C11H9NO2.CH4/c1-8-2-4-9(5-3-8)12-10(13)6-7-11(12)14;/h2-7H,1H3;1H4. The normalized spacial score (nSPS) is 14.3. The predicted molar refractivity (Wildman–Crippen MR) is 59.5 cm³/mol. The van der Waals surface area contributed by atoms with E-state index in [0.717, 1.165) is 10.5 Å². The highest BCUT2D eigenvalue weighted by Gasteiger charge is 2.24. The Kier molecular flexibility index (Phi) is 3.04. The minimum atomic E-state index is -0.279. The van der Waals surface area contributed by atoms with Crippen molar-refractivity contribution in [1.82, 2.24) is 0 Å². The van der Waals surface area contributed by atoms with Crippen LogP contribution in [0.15, 0.2) is 36.4 Å². The smallest absolute Gasteiger partial charge is 0.258 e. The van der Waals surface area contributed by atoms with Gasteiger partial charge in [-0.05, 0) is 19.1 Å². The molecule has 2 amide bonds. The fraction of sp³-hybridized carbons (Fsp3) is 0.167. The van der Waals surface area contributed by atoms with Gasteiger partial charge >= 0.3 is 0 Å². The van der Waals surface area contributed by atoms with E-state index in [1.54, 1.807) is 12.1 Å². The van der Waals surface area contributed by atoms with Crippen LogP contribution in [0.2, 0.25) is 0 Å². The van der Waals surface area contributed by atoms with E-state index in [1.807, 2.05) is 19.1 Å². The first kappa shape index (κ1) is 11.2. The zero-order chi connectivity index (χ0) is 10.1. The quantitative estimate of drug-likeness (QED) is 0.655. The summed E-state index contributed by atoms with van der Waals surface area (Å²) in [6.45, 7) is 1.95. The lowest BCUT2D eigenvalue weighted by atomic mass is 10.2. The van der Waals surface area contributed by atoms with Gasteiger partial charge in [0, 0.05) is 12.2 Å². The third-order valence-corrected chi connectivity index (χ3v) is 2.10. The van der Waals surface area contributed by atoms with Crippen LogP contribution in [0.4, 0.5) is 5.69 Å². The molecule has 1 aromatic rings. The molecule has 0 aromatic heterocycles. The summed E-state index contributed by atoms with van der Waals surface area (Å²) in [7, 11) is 0. The van der Waals surface area contributed by atoms with Crippen LogP contribution in [-0.4, -0.2) is 11.8 Å². The molecule has 78 valence electrons. The summed E-state index contributed by atoms with van der Waals surface area (Å²) < 4.78 is 0. The van der Waals surface area contributed by atoms with Crippen molar-refractivity contribution in [2.45, 2.75) is 14.4 Å². The first-order chi connectivity index (χ1) is 6.68. The van der Waals surface area contributed by atoms with E-state index in [4.69, 9.17) is 0 Å². The third kappa shape index (κ3) is 1.96. The van der Waals surface area contributed by atoms with Crippen LogP contribution in [0.5, 0.6) is 0 Å². The highest BCUT2D eigenvalue weighted by molar-refractivity contribution is 6.28. The van der Waals surface area contributed by atoms with Crippen LogP contribution < -0.4 is 4.90 Å². The molecular formula is C12H13NO2. The number of rotatable bonds is 1. The van der Waals surface area contributed by atoms with E-state index >= 15 is 0 Å². The fourth-order valence-electron chi connectivity index (χ4n) is 1.35. The molecule has 0 N–H and O–H groups in total. The van der Waals surface area contributed by atoms with Gasteiger partial charge in [-0.2, -0.15) is 0 Å². The van der Waals surface area contributed by atoms with Gasteiger partial charge in [-0.15, -0.1) is 0 Å². The topological polar surface area (TPSA) is 37.4 Å². The molecule has 0 atom stereocenters. The summed E-state index contributed by atoms with van der Waals surface area (Å²) in [6, 6.07) is 7.26. The van der Waals surface area contributed by atoms with Crippen LogP contribution >= 0.6 is 0 Å². The molecule has 0 saturated carbocycles. The van der Waals surface area contributed by atoms with Crippen molar-refractivity contribution in [2.75, 3.05) is 4.90 Å². The second kappa shape index (κ2) is 4.09. The summed E-state index contributed by atoms with van der Waals surface area (Å²) in [6.07, 6.45) is 2.56. The Morgan fingerprint density at radius 2 is 1.40 bits per heavy atom. The van der Waals surface area contributed by atoms with Crippen LogP contribution in [0.3, 0.4) is 0 Å². The lowest BCUT2D eigenvalue weighted by Crippen LogP contribution is -2.29. The maximum Gasteiger partial charge on any atom is 0.258 e. The molecule has 0 bridgehead atoms. The summed E-state index contributed by atoms with van der Waals surface area (Å²) >= 11 is 0. The second-order valence-electron chi connectivity index (χ2n) is 3.18. The third-order valence-electron chi connectivity index (χ3n) is 2.10. The largest absolute Gasteiger partial charge is 0.269 e. The van der Waals surface area contributed by atoms with Gasteiger partial charge in [0.25, 0.3) is 11.8 Å². The van der Waals surface area contributed by atoms with Gasteiger partial charge < -0.3 is 0 Å². The molecule has 1 aliphatic heterocycles. The second-order valence-corrected chi connectivity index (χ2v) is 3.18. The van der Waals surface area contributed by atoms with Crippen LogP contribution in [0.25, 0.3) is 0 Å². The summed E-state index contributed by atoms with van der Waals surface area (Å²) in [5.74, 6) is -0.558. The summed E-state index contributed by atoms with van der Waals surface area (Å²) in [5, 5.41) is 0.